The molecule has 0 heterocycles. The summed E-state index contributed by atoms with van der Waals surface area (Å²) in [4.78, 5) is 12.1. The molecule has 2 rings (SSSR count). The molecule has 2 aromatic rings. The number of nitrogens with one attached hydrogen (secondary N) is 1. The highest BCUT2D eigenvalue weighted by Gasteiger charge is 2.05. The lowest BCUT2D eigenvalue weighted by Gasteiger charge is -2.11. The van der Waals surface area contributed by atoms with E-state index >= 15 is 0 Å². The highest BCUT2D eigenvalue weighted by molar-refractivity contribution is 5.94. The molecule has 1 amide bonds. The molecule has 0 aliphatic heterocycles. The van der Waals surface area contributed by atoms with E-state index in [4.69, 9.17) is 9.47 Å². The van der Waals surface area contributed by atoms with Crippen LogP contribution in [0.25, 0.3) is 0 Å². The van der Waals surface area contributed by atoms with E-state index in [1.807, 2.05) is 45.0 Å². The van der Waals surface area contributed by atoms with Crippen molar-refractivity contribution in [3.8, 4) is 11.5 Å². The van der Waals surface area contributed by atoms with Gasteiger partial charge in [0.25, 0.3) is 5.91 Å². The normalized spacial score (nSPS) is 10.6. The lowest BCUT2D eigenvalue weighted by Crippen LogP contribution is -2.24. The summed E-state index contributed by atoms with van der Waals surface area (Å²) in [6.07, 6.45) is 1.95. The van der Waals surface area contributed by atoms with E-state index in [0.717, 1.165) is 24.3 Å². The van der Waals surface area contributed by atoms with Crippen LogP contribution >= 0.6 is 0 Å². The van der Waals surface area contributed by atoms with E-state index in [0.29, 0.717) is 18.7 Å². The van der Waals surface area contributed by atoms with Crippen molar-refractivity contribution in [2.75, 3.05) is 13.2 Å². The molecule has 2 aromatic carbocycles. The Morgan fingerprint density at radius 2 is 1.84 bits per heavy atom. The number of hydrogen-bond donors (Lipinski definition) is 1. The predicted molar refractivity (Wildman–Crippen MR) is 100 cm³/mol. The van der Waals surface area contributed by atoms with Crippen LogP contribution in [0.15, 0.2) is 48.5 Å². The zero-order valence-electron chi connectivity index (χ0n) is 15.2. The van der Waals surface area contributed by atoms with Crippen molar-refractivity contribution < 1.29 is 14.3 Å². The number of benzene rings is 2. The highest BCUT2D eigenvalue weighted by atomic mass is 16.5. The zero-order valence-corrected chi connectivity index (χ0v) is 15.2. The predicted octanol–water partition coefficient (Wildman–Crippen LogP) is 4.24. The summed E-state index contributed by atoms with van der Waals surface area (Å²) in [5.74, 6) is 1.62. The Morgan fingerprint density at radius 3 is 2.52 bits per heavy atom. The quantitative estimate of drug-likeness (QED) is 0.694. The standard InChI is InChI=1S/C21H27NO3/c1-4-24-19-12-10-18(11-13-19)21(23)22-14-6-8-17-7-5-9-20(15-17)25-16(2)3/h5,7,9-13,15-16H,4,6,8,14H2,1-3H3,(H,22,23). The van der Waals surface area contributed by atoms with Crippen molar-refractivity contribution in [1.29, 1.82) is 0 Å². The van der Waals surface area contributed by atoms with Crippen molar-refractivity contribution in [2.24, 2.45) is 0 Å². The molecular weight excluding hydrogens is 314 g/mol. The van der Waals surface area contributed by atoms with Gasteiger partial charge < -0.3 is 14.8 Å². The lowest BCUT2D eigenvalue weighted by atomic mass is 10.1. The second-order valence-corrected chi connectivity index (χ2v) is 6.13. The Hall–Kier alpha value is -2.49. The number of aryl methyl sites for hydroxylation is 1. The Balaban J connectivity index is 1.76. The molecule has 0 spiro atoms. The lowest BCUT2D eigenvalue weighted by molar-refractivity contribution is 0.0953. The summed E-state index contributed by atoms with van der Waals surface area (Å²) in [7, 11) is 0. The summed E-state index contributed by atoms with van der Waals surface area (Å²) in [5, 5.41) is 2.96. The minimum atomic E-state index is -0.0556. The molecule has 0 saturated carbocycles. The molecule has 0 radical (unpaired) electrons. The van der Waals surface area contributed by atoms with Gasteiger partial charge in [0, 0.05) is 12.1 Å². The number of hydrogen-bond acceptors (Lipinski definition) is 3. The Kier molecular flexibility index (Phi) is 7.33. The van der Waals surface area contributed by atoms with E-state index < -0.39 is 0 Å². The Bertz CT molecular complexity index is 665. The number of rotatable bonds is 9. The summed E-state index contributed by atoms with van der Waals surface area (Å²) < 4.78 is 11.1. The molecule has 134 valence electrons. The molecule has 4 nitrogen and oxygen atoms in total. The average molecular weight is 341 g/mol. The number of ether oxygens (including phenoxy) is 2. The average Bonchev–Trinajstić information content (AvgIpc) is 2.59. The van der Waals surface area contributed by atoms with Crippen LogP contribution in [0.1, 0.15) is 43.1 Å². The summed E-state index contributed by atoms with van der Waals surface area (Å²) in [6, 6.07) is 15.3. The molecule has 1 N–H and O–H groups in total. The first-order valence-corrected chi connectivity index (χ1v) is 8.85. The third-order valence-corrected chi connectivity index (χ3v) is 3.63. The van der Waals surface area contributed by atoms with E-state index in [1.54, 1.807) is 12.1 Å². The van der Waals surface area contributed by atoms with Crippen LogP contribution < -0.4 is 14.8 Å². The van der Waals surface area contributed by atoms with Gasteiger partial charge >= 0.3 is 0 Å². The molecule has 0 aliphatic rings. The van der Waals surface area contributed by atoms with Gasteiger partial charge in [-0.3, -0.25) is 4.79 Å². The molecule has 0 atom stereocenters. The van der Waals surface area contributed by atoms with Gasteiger partial charge in [-0.25, -0.2) is 0 Å². The van der Waals surface area contributed by atoms with Crippen LogP contribution in [0, 0.1) is 0 Å². The minimum absolute atomic E-state index is 0.0556. The first-order valence-electron chi connectivity index (χ1n) is 8.85. The van der Waals surface area contributed by atoms with Crippen molar-refractivity contribution in [1.82, 2.24) is 5.32 Å². The van der Waals surface area contributed by atoms with E-state index in [9.17, 15) is 4.79 Å². The van der Waals surface area contributed by atoms with Crippen molar-refractivity contribution in [3.63, 3.8) is 0 Å². The van der Waals surface area contributed by atoms with Crippen LogP contribution in [-0.2, 0) is 6.42 Å². The van der Waals surface area contributed by atoms with Gasteiger partial charge in [0.2, 0.25) is 0 Å². The highest BCUT2D eigenvalue weighted by Crippen LogP contribution is 2.16. The number of carbonyl (C=O) groups excluding carboxylic acids is 1. The third kappa shape index (κ3) is 6.49. The molecule has 25 heavy (non-hydrogen) atoms. The Labute approximate surface area is 150 Å². The third-order valence-electron chi connectivity index (χ3n) is 3.63. The van der Waals surface area contributed by atoms with Crippen molar-refractivity contribution >= 4 is 5.91 Å². The van der Waals surface area contributed by atoms with Gasteiger partial charge in [0.05, 0.1) is 12.7 Å². The minimum Gasteiger partial charge on any atom is -0.494 e. The van der Waals surface area contributed by atoms with Crippen molar-refractivity contribution in [2.45, 2.75) is 39.7 Å². The van der Waals surface area contributed by atoms with Crippen LogP contribution in [0.3, 0.4) is 0 Å². The number of amides is 1. The smallest absolute Gasteiger partial charge is 0.251 e. The maximum atomic E-state index is 12.1. The molecule has 0 bridgehead atoms. The van der Waals surface area contributed by atoms with Crippen molar-refractivity contribution in [3.05, 3.63) is 59.7 Å². The second kappa shape index (κ2) is 9.72. The number of carbonyl (C=O) groups is 1. The molecule has 0 fully saturated rings. The van der Waals surface area contributed by atoms with Gasteiger partial charge in [-0.2, -0.15) is 0 Å². The zero-order chi connectivity index (χ0) is 18.1. The maximum Gasteiger partial charge on any atom is 0.251 e. The Morgan fingerprint density at radius 1 is 1.08 bits per heavy atom. The van der Waals surface area contributed by atoms with Crippen LogP contribution in [-0.4, -0.2) is 25.2 Å². The summed E-state index contributed by atoms with van der Waals surface area (Å²) in [6.45, 7) is 7.23. The first-order chi connectivity index (χ1) is 12.1. The molecule has 0 aromatic heterocycles. The molecular formula is C21H27NO3. The van der Waals surface area contributed by atoms with Gasteiger partial charge in [-0.05, 0) is 75.6 Å². The second-order valence-electron chi connectivity index (χ2n) is 6.13. The molecule has 0 unspecified atom stereocenters. The topological polar surface area (TPSA) is 47.6 Å². The maximum absolute atomic E-state index is 12.1. The SMILES string of the molecule is CCOc1ccc(C(=O)NCCCc2cccc(OC(C)C)c2)cc1. The van der Waals surface area contributed by atoms with Crippen LogP contribution in [0.2, 0.25) is 0 Å². The fourth-order valence-electron chi connectivity index (χ4n) is 2.51. The first kappa shape index (κ1) is 18.8. The molecule has 0 aliphatic carbocycles. The summed E-state index contributed by atoms with van der Waals surface area (Å²) >= 11 is 0. The molecule has 0 saturated heterocycles. The fourth-order valence-corrected chi connectivity index (χ4v) is 2.51. The summed E-state index contributed by atoms with van der Waals surface area (Å²) in [5.41, 5.74) is 1.87. The fraction of sp³-hybridized carbons (Fsp3) is 0.381. The van der Waals surface area contributed by atoms with Gasteiger partial charge in [-0.15, -0.1) is 0 Å². The van der Waals surface area contributed by atoms with E-state index in [1.165, 1.54) is 5.56 Å². The van der Waals surface area contributed by atoms with Gasteiger partial charge in [-0.1, -0.05) is 12.1 Å². The largest absolute Gasteiger partial charge is 0.494 e. The molecule has 4 heteroatoms. The van der Waals surface area contributed by atoms with Crippen LogP contribution in [0.5, 0.6) is 11.5 Å². The monoisotopic (exact) mass is 341 g/mol. The van der Waals surface area contributed by atoms with E-state index in [2.05, 4.69) is 17.4 Å². The van der Waals surface area contributed by atoms with Gasteiger partial charge in [0.1, 0.15) is 11.5 Å². The van der Waals surface area contributed by atoms with Gasteiger partial charge in [0.15, 0.2) is 0 Å². The van der Waals surface area contributed by atoms with E-state index in [-0.39, 0.29) is 12.0 Å². The van der Waals surface area contributed by atoms with Crippen LogP contribution in [0.4, 0.5) is 0 Å².